The van der Waals surface area contributed by atoms with Crippen LogP contribution in [0.3, 0.4) is 0 Å². The van der Waals surface area contributed by atoms with Crippen molar-refractivity contribution in [2.45, 2.75) is 39.0 Å². The number of benzene rings is 1. The summed E-state index contributed by atoms with van der Waals surface area (Å²) in [6, 6.07) is 4.33. The molecule has 0 fully saturated rings. The van der Waals surface area contributed by atoms with Crippen molar-refractivity contribution >= 4 is 11.6 Å². The van der Waals surface area contributed by atoms with E-state index in [1.54, 1.807) is 13.0 Å². The molecule has 0 spiro atoms. The van der Waals surface area contributed by atoms with Gasteiger partial charge in [-0.1, -0.05) is 11.6 Å². The van der Waals surface area contributed by atoms with E-state index in [4.69, 9.17) is 16.7 Å². The third-order valence-electron chi connectivity index (χ3n) is 2.67. The van der Waals surface area contributed by atoms with Crippen molar-refractivity contribution in [1.82, 2.24) is 5.32 Å². The molecular weight excluding hydrogens is 276 g/mol. The van der Waals surface area contributed by atoms with Gasteiger partial charge in [-0.05, 0) is 45.0 Å². The SMILES string of the molecule is CC(O)CCNC(C)c1cc(Cl)ccc1OC(F)F. The monoisotopic (exact) mass is 293 g/mol. The molecule has 108 valence electrons. The topological polar surface area (TPSA) is 41.5 Å². The number of ether oxygens (including phenoxy) is 1. The van der Waals surface area contributed by atoms with E-state index in [1.807, 2.05) is 6.92 Å². The molecule has 0 radical (unpaired) electrons. The molecule has 19 heavy (non-hydrogen) atoms. The first kappa shape index (κ1) is 16.1. The van der Waals surface area contributed by atoms with Crippen LogP contribution < -0.4 is 10.1 Å². The zero-order chi connectivity index (χ0) is 14.4. The van der Waals surface area contributed by atoms with E-state index in [0.717, 1.165) is 0 Å². The molecule has 0 heterocycles. The molecule has 2 unspecified atom stereocenters. The summed E-state index contributed by atoms with van der Waals surface area (Å²) in [5.74, 6) is 0.108. The van der Waals surface area contributed by atoms with Gasteiger partial charge in [0.15, 0.2) is 0 Å². The fourth-order valence-electron chi connectivity index (χ4n) is 1.68. The Balaban J connectivity index is 2.75. The number of rotatable bonds is 7. The van der Waals surface area contributed by atoms with Crippen molar-refractivity contribution in [2.75, 3.05) is 6.54 Å². The van der Waals surface area contributed by atoms with Crippen LogP contribution >= 0.6 is 11.6 Å². The third kappa shape index (κ3) is 5.72. The lowest BCUT2D eigenvalue weighted by Crippen LogP contribution is -2.23. The summed E-state index contributed by atoms with van der Waals surface area (Å²) in [5.41, 5.74) is 0.568. The molecule has 0 aliphatic carbocycles. The Kier molecular flexibility index (Phi) is 6.48. The van der Waals surface area contributed by atoms with Crippen LogP contribution in [-0.4, -0.2) is 24.4 Å². The van der Waals surface area contributed by atoms with Gasteiger partial charge in [0.25, 0.3) is 0 Å². The molecule has 3 nitrogen and oxygen atoms in total. The Morgan fingerprint density at radius 1 is 1.37 bits per heavy atom. The van der Waals surface area contributed by atoms with Crippen LogP contribution in [0.2, 0.25) is 5.02 Å². The van der Waals surface area contributed by atoms with Crippen molar-refractivity contribution in [1.29, 1.82) is 0 Å². The molecule has 0 aliphatic rings. The molecule has 0 aliphatic heterocycles. The third-order valence-corrected chi connectivity index (χ3v) is 2.90. The van der Waals surface area contributed by atoms with Gasteiger partial charge in [-0.25, -0.2) is 0 Å². The first-order valence-electron chi connectivity index (χ1n) is 6.06. The highest BCUT2D eigenvalue weighted by Gasteiger charge is 2.15. The average Bonchev–Trinajstić information content (AvgIpc) is 2.30. The number of alkyl halides is 2. The van der Waals surface area contributed by atoms with E-state index in [2.05, 4.69) is 10.1 Å². The van der Waals surface area contributed by atoms with Crippen LogP contribution in [0, 0.1) is 0 Å². The average molecular weight is 294 g/mol. The molecule has 6 heteroatoms. The minimum absolute atomic E-state index is 0.108. The first-order chi connectivity index (χ1) is 8.90. The maximum Gasteiger partial charge on any atom is 0.387 e. The van der Waals surface area contributed by atoms with Crippen LogP contribution in [0.5, 0.6) is 5.75 Å². The number of hydrogen-bond acceptors (Lipinski definition) is 3. The molecule has 0 amide bonds. The van der Waals surface area contributed by atoms with Gasteiger partial charge in [0.1, 0.15) is 5.75 Å². The van der Waals surface area contributed by atoms with E-state index in [-0.39, 0.29) is 11.8 Å². The van der Waals surface area contributed by atoms with Gasteiger partial charge in [-0.15, -0.1) is 0 Å². The van der Waals surface area contributed by atoms with Gasteiger partial charge in [0, 0.05) is 16.6 Å². The maximum absolute atomic E-state index is 12.3. The summed E-state index contributed by atoms with van der Waals surface area (Å²) in [5, 5.41) is 12.8. The van der Waals surface area contributed by atoms with Crippen molar-refractivity contribution in [3.63, 3.8) is 0 Å². The molecule has 1 aromatic rings. The number of nitrogens with one attached hydrogen (secondary N) is 1. The molecule has 2 atom stereocenters. The van der Waals surface area contributed by atoms with Gasteiger partial charge in [-0.2, -0.15) is 8.78 Å². The number of aliphatic hydroxyl groups excluding tert-OH is 1. The fourth-order valence-corrected chi connectivity index (χ4v) is 1.86. The highest BCUT2D eigenvalue weighted by Crippen LogP contribution is 2.29. The summed E-state index contributed by atoms with van der Waals surface area (Å²) in [4.78, 5) is 0. The second-order valence-electron chi connectivity index (χ2n) is 4.37. The van der Waals surface area contributed by atoms with Crippen LogP contribution in [0.4, 0.5) is 8.78 Å². The minimum Gasteiger partial charge on any atom is -0.434 e. The van der Waals surface area contributed by atoms with Crippen molar-refractivity contribution in [3.05, 3.63) is 28.8 Å². The maximum atomic E-state index is 12.3. The molecule has 0 saturated carbocycles. The number of halogens is 3. The molecule has 0 aromatic heterocycles. The second kappa shape index (κ2) is 7.62. The lowest BCUT2D eigenvalue weighted by molar-refractivity contribution is -0.0506. The van der Waals surface area contributed by atoms with Crippen LogP contribution in [-0.2, 0) is 0 Å². The van der Waals surface area contributed by atoms with E-state index in [9.17, 15) is 8.78 Å². The van der Waals surface area contributed by atoms with Gasteiger partial charge < -0.3 is 15.2 Å². The van der Waals surface area contributed by atoms with Gasteiger partial charge in [0.2, 0.25) is 0 Å². The van der Waals surface area contributed by atoms with Crippen molar-refractivity contribution < 1.29 is 18.6 Å². The fraction of sp³-hybridized carbons (Fsp3) is 0.538. The molecule has 1 rings (SSSR count). The van der Waals surface area contributed by atoms with E-state index in [0.29, 0.717) is 23.6 Å². The summed E-state index contributed by atoms with van der Waals surface area (Å²) < 4.78 is 29.1. The van der Waals surface area contributed by atoms with Gasteiger partial charge in [0.05, 0.1) is 6.10 Å². The Hall–Kier alpha value is -0.910. The van der Waals surface area contributed by atoms with E-state index in [1.165, 1.54) is 12.1 Å². The van der Waals surface area contributed by atoms with Gasteiger partial charge in [-0.3, -0.25) is 0 Å². The van der Waals surface area contributed by atoms with E-state index >= 15 is 0 Å². The Bertz CT molecular complexity index is 402. The Labute approximate surface area is 116 Å². The summed E-state index contributed by atoms with van der Waals surface area (Å²) in [6.45, 7) is 1.22. The van der Waals surface area contributed by atoms with Crippen LogP contribution in [0.25, 0.3) is 0 Å². The largest absolute Gasteiger partial charge is 0.434 e. The Morgan fingerprint density at radius 3 is 2.63 bits per heavy atom. The smallest absolute Gasteiger partial charge is 0.387 e. The minimum atomic E-state index is -2.87. The predicted octanol–water partition coefficient (Wildman–Crippen LogP) is 3.36. The van der Waals surface area contributed by atoms with Crippen molar-refractivity contribution in [3.8, 4) is 5.75 Å². The molecule has 1 aromatic carbocycles. The van der Waals surface area contributed by atoms with Crippen LogP contribution in [0.1, 0.15) is 31.9 Å². The first-order valence-corrected chi connectivity index (χ1v) is 6.43. The summed E-state index contributed by atoms with van der Waals surface area (Å²) in [7, 11) is 0. The van der Waals surface area contributed by atoms with Gasteiger partial charge >= 0.3 is 6.61 Å². The summed E-state index contributed by atoms with van der Waals surface area (Å²) in [6.07, 6.45) is 0.173. The van der Waals surface area contributed by atoms with Crippen LogP contribution in [0.15, 0.2) is 18.2 Å². The highest BCUT2D eigenvalue weighted by atomic mass is 35.5. The van der Waals surface area contributed by atoms with E-state index < -0.39 is 12.7 Å². The zero-order valence-electron chi connectivity index (χ0n) is 10.9. The molecule has 0 bridgehead atoms. The quantitative estimate of drug-likeness (QED) is 0.810. The molecule has 0 saturated heterocycles. The lowest BCUT2D eigenvalue weighted by atomic mass is 10.1. The second-order valence-corrected chi connectivity index (χ2v) is 4.81. The zero-order valence-corrected chi connectivity index (χ0v) is 11.6. The predicted molar refractivity (Wildman–Crippen MR) is 70.8 cm³/mol. The normalized spacial score (nSPS) is 14.5. The summed E-state index contributed by atoms with van der Waals surface area (Å²) >= 11 is 5.87. The Morgan fingerprint density at radius 2 is 2.05 bits per heavy atom. The highest BCUT2D eigenvalue weighted by molar-refractivity contribution is 6.30. The molecular formula is C13H18ClF2NO2. The number of aliphatic hydroxyl groups is 1. The molecule has 2 N–H and O–H groups in total. The van der Waals surface area contributed by atoms with Crippen molar-refractivity contribution in [2.24, 2.45) is 0 Å². The number of hydrogen-bond donors (Lipinski definition) is 2. The standard InChI is InChI=1S/C13H18ClF2NO2/c1-8(18)5-6-17-9(2)11-7-10(14)3-4-12(11)19-13(15)16/h3-4,7-9,13,17-18H,5-6H2,1-2H3. The lowest BCUT2D eigenvalue weighted by Gasteiger charge is -2.19.